The fourth-order valence-electron chi connectivity index (χ4n) is 2.41. The van der Waals surface area contributed by atoms with Crippen LogP contribution in [0.15, 0.2) is 91.4 Å². The van der Waals surface area contributed by atoms with E-state index in [1.165, 1.54) is 0 Å². The number of rotatable bonds is 5. The van der Waals surface area contributed by atoms with E-state index in [4.69, 9.17) is 9.47 Å². The van der Waals surface area contributed by atoms with E-state index in [-0.39, 0.29) is 0 Å². The number of ether oxygens (including phenoxy) is 2. The highest BCUT2D eigenvalue weighted by Gasteiger charge is 2.05. The molecule has 3 aromatic heterocycles. The lowest BCUT2D eigenvalue weighted by molar-refractivity contribution is 0.442. The van der Waals surface area contributed by atoms with Crippen LogP contribution >= 0.6 is 0 Å². The van der Waals surface area contributed by atoms with Gasteiger partial charge in [-0.3, -0.25) is 4.98 Å². The first-order valence-electron chi connectivity index (χ1n) is 8.11. The van der Waals surface area contributed by atoms with Gasteiger partial charge in [0.1, 0.15) is 11.5 Å². The third-order valence-electron chi connectivity index (χ3n) is 3.58. The van der Waals surface area contributed by atoms with Crippen LogP contribution in [0.5, 0.6) is 23.3 Å². The lowest BCUT2D eigenvalue weighted by Gasteiger charge is -2.09. The molecule has 0 aliphatic carbocycles. The minimum atomic E-state index is 0.489. The summed E-state index contributed by atoms with van der Waals surface area (Å²) in [6.07, 6.45) is 5.14. The Morgan fingerprint density at radius 3 is 2.00 bits per heavy atom. The van der Waals surface area contributed by atoms with Crippen LogP contribution in [0.1, 0.15) is 0 Å². The first kappa shape index (κ1) is 15.8. The molecule has 0 saturated heterocycles. The van der Waals surface area contributed by atoms with Gasteiger partial charge in [-0.2, -0.15) is 0 Å². The monoisotopic (exact) mass is 341 g/mol. The van der Waals surface area contributed by atoms with Crippen molar-refractivity contribution in [3.05, 3.63) is 91.4 Å². The second-order valence-electron chi connectivity index (χ2n) is 5.44. The minimum Gasteiger partial charge on any atom is -0.439 e. The molecule has 0 bridgehead atoms. The molecule has 0 spiro atoms. The number of aromatic nitrogens is 3. The highest BCUT2D eigenvalue weighted by molar-refractivity contribution is 5.59. The molecule has 5 nitrogen and oxygen atoms in total. The Balaban J connectivity index is 1.53. The maximum Gasteiger partial charge on any atom is 0.219 e. The van der Waals surface area contributed by atoms with Crippen molar-refractivity contribution in [2.75, 3.05) is 0 Å². The average Bonchev–Trinajstić information content (AvgIpc) is 2.70. The zero-order chi connectivity index (χ0) is 17.6. The Hall–Kier alpha value is -3.73. The SMILES string of the molecule is c1ccc(Oc2cccc(Oc3cc(-c4ccccn4)ccn3)c2)nc1. The number of benzene rings is 1. The zero-order valence-electron chi connectivity index (χ0n) is 13.8. The van der Waals surface area contributed by atoms with Gasteiger partial charge in [-0.05, 0) is 36.4 Å². The molecule has 0 aliphatic heterocycles. The molecular formula is C21H15N3O2. The van der Waals surface area contributed by atoms with Crippen molar-refractivity contribution >= 4 is 0 Å². The van der Waals surface area contributed by atoms with Crippen LogP contribution in [0.2, 0.25) is 0 Å². The molecule has 0 N–H and O–H groups in total. The lowest BCUT2D eigenvalue weighted by atomic mass is 10.2. The van der Waals surface area contributed by atoms with Gasteiger partial charge in [0, 0.05) is 42.4 Å². The van der Waals surface area contributed by atoms with E-state index < -0.39 is 0 Å². The summed E-state index contributed by atoms with van der Waals surface area (Å²) in [6.45, 7) is 0. The van der Waals surface area contributed by atoms with Crippen LogP contribution in [0.25, 0.3) is 11.3 Å². The number of nitrogens with zero attached hydrogens (tertiary/aromatic N) is 3. The van der Waals surface area contributed by atoms with E-state index in [0.717, 1.165) is 11.3 Å². The van der Waals surface area contributed by atoms with Gasteiger partial charge >= 0.3 is 0 Å². The van der Waals surface area contributed by atoms with Gasteiger partial charge in [0.2, 0.25) is 11.8 Å². The molecule has 3 heterocycles. The topological polar surface area (TPSA) is 57.1 Å². The fourth-order valence-corrected chi connectivity index (χ4v) is 2.41. The van der Waals surface area contributed by atoms with Gasteiger partial charge in [-0.15, -0.1) is 0 Å². The summed E-state index contributed by atoms with van der Waals surface area (Å²) in [4.78, 5) is 12.8. The van der Waals surface area contributed by atoms with Crippen LogP contribution in [-0.4, -0.2) is 15.0 Å². The molecule has 26 heavy (non-hydrogen) atoms. The van der Waals surface area contributed by atoms with Crippen molar-refractivity contribution in [2.24, 2.45) is 0 Å². The minimum absolute atomic E-state index is 0.489. The van der Waals surface area contributed by atoms with Gasteiger partial charge in [-0.25, -0.2) is 9.97 Å². The van der Waals surface area contributed by atoms with Crippen molar-refractivity contribution in [2.45, 2.75) is 0 Å². The van der Waals surface area contributed by atoms with Gasteiger partial charge in [0.05, 0.1) is 5.69 Å². The fraction of sp³-hybridized carbons (Fsp3) is 0. The molecule has 4 aromatic rings. The van der Waals surface area contributed by atoms with Crippen molar-refractivity contribution in [3.8, 4) is 34.5 Å². The molecule has 0 amide bonds. The third-order valence-corrected chi connectivity index (χ3v) is 3.58. The molecule has 0 fully saturated rings. The molecule has 126 valence electrons. The average molecular weight is 341 g/mol. The van der Waals surface area contributed by atoms with Crippen LogP contribution in [0.4, 0.5) is 0 Å². The zero-order valence-corrected chi connectivity index (χ0v) is 13.8. The quantitative estimate of drug-likeness (QED) is 0.504. The summed E-state index contributed by atoms with van der Waals surface area (Å²) < 4.78 is 11.6. The Morgan fingerprint density at radius 2 is 1.27 bits per heavy atom. The summed E-state index contributed by atoms with van der Waals surface area (Å²) in [7, 11) is 0. The molecule has 5 heteroatoms. The van der Waals surface area contributed by atoms with E-state index in [0.29, 0.717) is 23.3 Å². The highest BCUT2D eigenvalue weighted by atomic mass is 16.5. The summed E-state index contributed by atoms with van der Waals surface area (Å²) in [5.74, 6) is 2.29. The molecule has 4 rings (SSSR count). The van der Waals surface area contributed by atoms with Crippen LogP contribution in [0.3, 0.4) is 0 Å². The van der Waals surface area contributed by atoms with E-state index in [1.54, 1.807) is 30.7 Å². The maximum atomic E-state index is 5.88. The lowest BCUT2D eigenvalue weighted by Crippen LogP contribution is -1.91. The van der Waals surface area contributed by atoms with Crippen molar-refractivity contribution in [1.29, 1.82) is 0 Å². The number of hydrogen-bond acceptors (Lipinski definition) is 5. The van der Waals surface area contributed by atoms with Crippen molar-refractivity contribution < 1.29 is 9.47 Å². The molecule has 0 atom stereocenters. The van der Waals surface area contributed by atoms with Crippen molar-refractivity contribution in [1.82, 2.24) is 15.0 Å². The maximum absolute atomic E-state index is 5.88. The molecule has 0 radical (unpaired) electrons. The van der Waals surface area contributed by atoms with Gasteiger partial charge in [0.15, 0.2) is 0 Å². The Kier molecular flexibility index (Phi) is 4.52. The Bertz CT molecular complexity index is 992. The molecule has 1 aromatic carbocycles. The smallest absolute Gasteiger partial charge is 0.219 e. The predicted molar refractivity (Wildman–Crippen MR) is 98.3 cm³/mol. The first-order chi connectivity index (χ1) is 12.9. The van der Waals surface area contributed by atoms with Crippen LogP contribution in [-0.2, 0) is 0 Å². The first-order valence-corrected chi connectivity index (χ1v) is 8.11. The summed E-state index contributed by atoms with van der Waals surface area (Å²) in [5.41, 5.74) is 1.81. The van der Waals surface area contributed by atoms with Gasteiger partial charge < -0.3 is 9.47 Å². The summed E-state index contributed by atoms with van der Waals surface area (Å²) in [5, 5.41) is 0. The Labute approximate surface area is 150 Å². The van der Waals surface area contributed by atoms with E-state index in [9.17, 15) is 0 Å². The number of hydrogen-bond donors (Lipinski definition) is 0. The summed E-state index contributed by atoms with van der Waals surface area (Å²) >= 11 is 0. The van der Waals surface area contributed by atoms with Crippen molar-refractivity contribution in [3.63, 3.8) is 0 Å². The third kappa shape index (κ3) is 3.84. The van der Waals surface area contributed by atoms with E-state index in [1.807, 2.05) is 60.7 Å². The van der Waals surface area contributed by atoms with Crippen LogP contribution in [0, 0.1) is 0 Å². The molecule has 0 saturated carbocycles. The van der Waals surface area contributed by atoms with Crippen LogP contribution < -0.4 is 9.47 Å². The second kappa shape index (κ2) is 7.44. The standard InChI is InChI=1S/C21H15N3O2/c1-3-11-22-19(8-1)16-10-13-24-21(14-16)26-18-7-5-6-17(15-18)25-20-9-2-4-12-23-20/h1-15H. The largest absolute Gasteiger partial charge is 0.439 e. The number of pyridine rings is 3. The molecule has 0 unspecified atom stereocenters. The Morgan fingerprint density at radius 1 is 0.538 bits per heavy atom. The molecular weight excluding hydrogens is 326 g/mol. The predicted octanol–water partition coefficient (Wildman–Crippen LogP) is 5.12. The summed E-state index contributed by atoms with van der Waals surface area (Å²) in [6, 6.07) is 22.4. The highest BCUT2D eigenvalue weighted by Crippen LogP contribution is 2.28. The van der Waals surface area contributed by atoms with E-state index in [2.05, 4.69) is 15.0 Å². The van der Waals surface area contributed by atoms with E-state index >= 15 is 0 Å². The normalized spacial score (nSPS) is 10.3. The van der Waals surface area contributed by atoms with Gasteiger partial charge in [0.25, 0.3) is 0 Å². The second-order valence-corrected chi connectivity index (χ2v) is 5.44. The van der Waals surface area contributed by atoms with Gasteiger partial charge in [-0.1, -0.05) is 18.2 Å². The molecule has 0 aliphatic rings.